The first-order valence-corrected chi connectivity index (χ1v) is 39.7. The molecule has 4 aliphatic rings. The summed E-state index contributed by atoms with van der Waals surface area (Å²) in [7, 11) is 0. The monoisotopic (exact) mass is 1370 g/mol. The molecule has 4 aliphatic carbocycles. The third-order valence-electron chi connectivity index (χ3n) is 23.1. The molecule has 13 aromatic rings. The van der Waals surface area contributed by atoms with Crippen LogP contribution in [0.2, 0.25) is 0 Å². The van der Waals surface area contributed by atoms with Gasteiger partial charge in [-0.05, 0) is 290 Å². The van der Waals surface area contributed by atoms with Crippen LogP contribution in [-0.2, 0) is 0 Å². The molecule has 4 saturated carbocycles. The number of nitrogens with zero attached hydrogens (tertiary/aromatic N) is 2. The van der Waals surface area contributed by atoms with E-state index in [1.807, 2.05) is 0 Å². The minimum atomic E-state index is 1.08. The predicted molar refractivity (Wildman–Crippen MR) is 459 cm³/mol. The second-order valence-corrected chi connectivity index (χ2v) is 30.8. The maximum absolute atomic E-state index is 2.54. The lowest BCUT2D eigenvalue weighted by atomic mass is 9.91. The topological polar surface area (TPSA) is 6.48 Å². The number of hydrogen-bond acceptors (Lipinski definition) is 2. The van der Waals surface area contributed by atoms with Crippen molar-refractivity contribution in [2.45, 2.75) is 142 Å². The van der Waals surface area contributed by atoms with Gasteiger partial charge in [-0.2, -0.15) is 0 Å². The number of allylic oxidation sites excluding steroid dienone is 4. The molecule has 0 aliphatic heterocycles. The Morgan fingerprint density at radius 1 is 0.236 bits per heavy atom. The fourth-order valence-corrected chi connectivity index (χ4v) is 17.3. The van der Waals surface area contributed by atoms with Crippen molar-refractivity contribution < 1.29 is 0 Å². The minimum absolute atomic E-state index is 1.08. The van der Waals surface area contributed by atoms with Gasteiger partial charge in [0.25, 0.3) is 0 Å². The van der Waals surface area contributed by atoms with Gasteiger partial charge in [0.1, 0.15) is 0 Å². The highest BCUT2D eigenvalue weighted by molar-refractivity contribution is 6.27. The van der Waals surface area contributed by atoms with Crippen LogP contribution in [-0.4, -0.2) is 0 Å². The molecule has 2 heteroatoms. The molecule has 0 radical (unpaired) electrons. The minimum Gasteiger partial charge on any atom is -0.309 e. The molecule has 0 atom stereocenters. The van der Waals surface area contributed by atoms with Crippen LogP contribution in [0.5, 0.6) is 0 Å². The fourth-order valence-electron chi connectivity index (χ4n) is 17.3. The van der Waals surface area contributed by atoms with E-state index in [1.165, 1.54) is 217 Å². The summed E-state index contributed by atoms with van der Waals surface area (Å²) in [6, 6.07) is 102. The quantitative estimate of drug-likeness (QED) is 0.0540. The number of anilines is 6. The van der Waals surface area contributed by atoms with Crippen molar-refractivity contribution >= 4 is 125 Å². The zero-order valence-corrected chi connectivity index (χ0v) is 61.9. The number of benzene rings is 13. The molecular formula is C104H96N2. The Hall–Kier alpha value is -11.1. The maximum Gasteiger partial charge on any atom is 0.0620 e. The fraction of sp³-hybridized carbons (Fsp3) is 0.212. The summed E-state index contributed by atoms with van der Waals surface area (Å²) in [5.74, 6) is 0. The molecule has 522 valence electrons. The molecule has 0 spiro atoms. The first kappa shape index (κ1) is 68.1. The summed E-state index contributed by atoms with van der Waals surface area (Å²) in [5.41, 5.74) is 30.1. The average molecular weight is 1370 g/mol. The SMILES string of the molecule is Cc1ccc(N(c2ccc(C=C(c3ccc(C=C4CCCCC4)cc3)c3ccc(C=C4CCCCC4)cc3)cc2)c2c3cc4ccccc4cc3c(N(c3ccc(C)cc3)c3ccc(C=C(c4ccc(C=C5CCCCC5)cc4)c4ccc(C=C5CCCCC5)cc4)cc3)c3cc4ccccc4cc23)cc1. The van der Waals surface area contributed by atoms with Gasteiger partial charge >= 0.3 is 0 Å². The summed E-state index contributed by atoms with van der Waals surface area (Å²) in [6.07, 6.45) is 40.1. The number of aryl methyl sites for hydroxylation is 2. The lowest BCUT2D eigenvalue weighted by Crippen LogP contribution is -2.15. The van der Waals surface area contributed by atoms with Crippen LogP contribution in [0.15, 0.2) is 289 Å². The van der Waals surface area contributed by atoms with Gasteiger partial charge in [-0.15, -0.1) is 0 Å². The van der Waals surface area contributed by atoms with Gasteiger partial charge in [-0.1, -0.05) is 278 Å². The van der Waals surface area contributed by atoms with Gasteiger partial charge in [0, 0.05) is 44.3 Å². The van der Waals surface area contributed by atoms with Crippen LogP contribution in [0.1, 0.15) is 195 Å². The molecule has 0 saturated heterocycles. The molecule has 0 heterocycles. The van der Waals surface area contributed by atoms with E-state index in [-0.39, 0.29) is 0 Å². The molecular weight excluding hydrogens is 1280 g/mol. The normalized spacial score (nSPS) is 14.8. The Morgan fingerprint density at radius 3 is 0.689 bits per heavy atom. The third-order valence-corrected chi connectivity index (χ3v) is 23.1. The van der Waals surface area contributed by atoms with Gasteiger partial charge in [-0.25, -0.2) is 0 Å². The summed E-state index contributed by atoms with van der Waals surface area (Å²) in [6.45, 7) is 4.39. The molecule has 106 heavy (non-hydrogen) atoms. The van der Waals surface area contributed by atoms with E-state index < -0.39 is 0 Å². The zero-order valence-electron chi connectivity index (χ0n) is 61.9. The van der Waals surface area contributed by atoms with Gasteiger partial charge in [-0.3, -0.25) is 0 Å². The van der Waals surface area contributed by atoms with E-state index in [0.717, 1.165) is 66.8 Å². The van der Waals surface area contributed by atoms with Gasteiger partial charge < -0.3 is 9.80 Å². The molecule has 0 unspecified atom stereocenters. The number of rotatable bonds is 16. The number of hydrogen-bond donors (Lipinski definition) is 0. The van der Waals surface area contributed by atoms with Crippen molar-refractivity contribution in [3.63, 3.8) is 0 Å². The first-order valence-electron chi connectivity index (χ1n) is 39.7. The molecule has 13 aromatic carbocycles. The van der Waals surface area contributed by atoms with E-state index in [4.69, 9.17) is 0 Å². The Bertz CT molecular complexity index is 4900. The van der Waals surface area contributed by atoms with E-state index in [1.54, 1.807) is 22.3 Å². The third kappa shape index (κ3) is 15.3. The molecule has 0 N–H and O–H groups in total. The van der Waals surface area contributed by atoms with Crippen molar-refractivity contribution in [2.75, 3.05) is 9.80 Å². The van der Waals surface area contributed by atoms with Gasteiger partial charge in [0.2, 0.25) is 0 Å². The molecule has 4 fully saturated rings. The highest BCUT2D eigenvalue weighted by atomic mass is 15.2. The van der Waals surface area contributed by atoms with Crippen LogP contribution in [0.25, 0.3) is 90.7 Å². The lowest BCUT2D eigenvalue weighted by molar-refractivity contribution is 0.602. The molecule has 0 bridgehead atoms. The summed E-state index contributed by atoms with van der Waals surface area (Å²) in [4.78, 5) is 5.09. The summed E-state index contributed by atoms with van der Waals surface area (Å²) in [5, 5.41) is 9.42. The summed E-state index contributed by atoms with van der Waals surface area (Å²) < 4.78 is 0. The Morgan fingerprint density at radius 2 is 0.453 bits per heavy atom. The zero-order chi connectivity index (χ0) is 71.1. The van der Waals surface area contributed by atoms with Crippen molar-refractivity contribution in [2.24, 2.45) is 0 Å². The molecule has 0 amide bonds. The van der Waals surface area contributed by atoms with Crippen LogP contribution in [0.4, 0.5) is 34.1 Å². The van der Waals surface area contributed by atoms with Gasteiger partial charge in [0.05, 0.1) is 11.4 Å². The second-order valence-electron chi connectivity index (χ2n) is 30.8. The van der Waals surface area contributed by atoms with E-state index in [2.05, 4.69) is 327 Å². The molecule has 0 aromatic heterocycles. The van der Waals surface area contributed by atoms with E-state index >= 15 is 0 Å². The van der Waals surface area contributed by atoms with Crippen LogP contribution in [0, 0.1) is 13.8 Å². The van der Waals surface area contributed by atoms with Crippen molar-refractivity contribution in [1.82, 2.24) is 0 Å². The highest BCUT2D eigenvalue weighted by Crippen LogP contribution is 2.53. The predicted octanol–water partition coefficient (Wildman–Crippen LogP) is 30.4. The maximum atomic E-state index is 2.54. The Balaban J connectivity index is 0.815. The van der Waals surface area contributed by atoms with E-state index in [9.17, 15) is 0 Å². The van der Waals surface area contributed by atoms with E-state index in [0.29, 0.717) is 0 Å². The first-order chi connectivity index (χ1) is 52.3. The van der Waals surface area contributed by atoms with Gasteiger partial charge in [0.15, 0.2) is 0 Å². The second kappa shape index (κ2) is 31.3. The molecule has 17 rings (SSSR count). The average Bonchev–Trinajstić information content (AvgIpc) is 0.710. The number of fused-ring (bicyclic) bond motifs is 4. The lowest BCUT2D eigenvalue weighted by Gasteiger charge is -2.33. The summed E-state index contributed by atoms with van der Waals surface area (Å²) >= 11 is 0. The standard InChI is InChI=1S/C104H96N2/c1-73-31-55-93(56-32-73)105(95-59-43-83(44-60-95)67-97(85-47-35-79(36-48-85)63-75-19-7-3-8-20-75)86-49-37-80(38-50-86)64-76-21-9-4-10-22-76)103-99-69-89-27-15-17-29-91(89)71-101(99)104(102-72-92-30-18-16-28-90(92)70-100(102)103)106(94-57-33-74(2)34-58-94)96-61-45-84(46-62-96)68-98(87-51-39-81(40-52-87)65-77-23-11-5-12-24-77)88-53-41-82(42-54-88)66-78-25-13-6-14-26-78/h15-18,27-72H,3-14,19-26H2,1-2H3. The smallest absolute Gasteiger partial charge is 0.0620 e. The molecule has 2 nitrogen and oxygen atoms in total. The van der Waals surface area contributed by atoms with Crippen molar-refractivity contribution in [3.05, 3.63) is 356 Å². The largest absolute Gasteiger partial charge is 0.309 e. The van der Waals surface area contributed by atoms with Crippen molar-refractivity contribution in [3.8, 4) is 0 Å². The van der Waals surface area contributed by atoms with Crippen molar-refractivity contribution in [1.29, 1.82) is 0 Å². The van der Waals surface area contributed by atoms with Crippen LogP contribution < -0.4 is 9.80 Å². The Labute approximate surface area is 628 Å². The van der Waals surface area contributed by atoms with Crippen LogP contribution in [0.3, 0.4) is 0 Å². The highest BCUT2D eigenvalue weighted by Gasteiger charge is 2.28. The van der Waals surface area contributed by atoms with Crippen LogP contribution >= 0.6 is 0 Å². The Kier molecular flexibility index (Phi) is 20.1.